The molecule has 28 heavy (non-hydrogen) atoms. The van der Waals surface area contributed by atoms with E-state index in [4.69, 9.17) is 0 Å². The first-order chi connectivity index (χ1) is 13.5. The largest absolute Gasteiger partial charge is 0.340 e. The molecule has 6 heteroatoms. The van der Waals surface area contributed by atoms with Crippen LogP contribution in [0.15, 0.2) is 47.3 Å². The maximum atomic E-state index is 13.3. The van der Waals surface area contributed by atoms with E-state index in [2.05, 4.69) is 0 Å². The quantitative estimate of drug-likeness (QED) is 0.802. The van der Waals surface area contributed by atoms with Crippen LogP contribution in [0.4, 0.5) is 0 Å². The van der Waals surface area contributed by atoms with Gasteiger partial charge in [0, 0.05) is 49.4 Å². The van der Waals surface area contributed by atoms with E-state index in [-0.39, 0.29) is 29.2 Å². The summed E-state index contributed by atoms with van der Waals surface area (Å²) in [6.07, 6.45) is 1.01. The predicted molar refractivity (Wildman–Crippen MR) is 104 cm³/mol. The number of rotatable bonds is 2. The molecular formula is C22H23N3O3. The van der Waals surface area contributed by atoms with Gasteiger partial charge in [-0.1, -0.05) is 24.3 Å². The van der Waals surface area contributed by atoms with E-state index in [0.717, 1.165) is 17.7 Å². The minimum absolute atomic E-state index is 0.00239. The van der Waals surface area contributed by atoms with E-state index >= 15 is 0 Å². The Bertz CT molecular complexity index is 1030. The third kappa shape index (κ3) is 2.58. The van der Waals surface area contributed by atoms with Gasteiger partial charge >= 0.3 is 0 Å². The van der Waals surface area contributed by atoms with Crippen molar-refractivity contribution in [3.8, 4) is 0 Å². The summed E-state index contributed by atoms with van der Waals surface area (Å²) in [5.41, 5.74) is 2.75. The van der Waals surface area contributed by atoms with Crippen molar-refractivity contribution in [3.05, 3.63) is 69.6 Å². The average Bonchev–Trinajstić information content (AvgIpc) is 3.04. The number of carbonyl (C=O) groups excluding carboxylic acids is 2. The first-order valence-corrected chi connectivity index (χ1v) is 9.90. The van der Waals surface area contributed by atoms with E-state index in [9.17, 15) is 14.4 Å². The summed E-state index contributed by atoms with van der Waals surface area (Å²) in [6.45, 7) is 4.24. The number of carbonyl (C=O) groups is 2. The molecule has 2 amide bonds. The van der Waals surface area contributed by atoms with Crippen LogP contribution in [0.3, 0.4) is 0 Å². The van der Waals surface area contributed by atoms with E-state index in [1.54, 1.807) is 17.0 Å². The third-order valence-electron chi connectivity index (χ3n) is 6.47. The van der Waals surface area contributed by atoms with Gasteiger partial charge in [-0.15, -0.1) is 0 Å². The van der Waals surface area contributed by atoms with Gasteiger partial charge in [0.25, 0.3) is 11.5 Å². The molecule has 0 radical (unpaired) electrons. The molecule has 2 bridgehead atoms. The van der Waals surface area contributed by atoms with Crippen molar-refractivity contribution in [2.24, 2.45) is 5.92 Å². The van der Waals surface area contributed by atoms with Crippen molar-refractivity contribution in [2.45, 2.75) is 38.4 Å². The number of amides is 2. The van der Waals surface area contributed by atoms with Crippen LogP contribution in [-0.4, -0.2) is 45.3 Å². The normalized spacial score (nSPS) is 24.0. The number of likely N-dealkylation sites (tertiary alicyclic amines) is 1. The van der Waals surface area contributed by atoms with E-state index in [1.807, 2.05) is 46.7 Å². The van der Waals surface area contributed by atoms with Gasteiger partial charge in [-0.3, -0.25) is 14.4 Å². The molecule has 0 unspecified atom stereocenters. The summed E-state index contributed by atoms with van der Waals surface area (Å²) in [5, 5.41) is 0. The van der Waals surface area contributed by atoms with Crippen LogP contribution in [-0.2, 0) is 17.9 Å². The van der Waals surface area contributed by atoms with Gasteiger partial charge in [-0.2, -0.15) is 0 Å². The second-order valence-electron chi connectivity index (χ2n) is 8.21. The molecule has 3 aliphatic rings. The lowest BCUT2D eigenvalue weighted by Crippen LogP contribution is -2.54. The van der Waals surface area contributed by atoms with Gasteiger partial charge in [-0.25, -0.2) is 0 Å². The molecule has 1 aromatic carbocycles. The molecule has 1 fully saturated rings. The smallest absolute Gasteiger partial charge is 0.255 e. The molecule has 5 rings (SSSR count). The highest BCUT2D eigenvalue weighted by molar-refractivity contribution is 6.01. The highest BCUT2D eigenvalue weighted by Gasteiger charge is 2.40. The minimum Gasteiger partial charge on any atom is -0.340 e. The van der Waals surface area contributed by atoms with Crippen LogP contribution in [0.1, 0.15) is 40.9 Å². The average molecular weight is 377 g/mol. The van der Waals surface area contributed by atoms with Gasteiger partial charge in [0.05, 0.1) is 0 Å². The van der Waals surface area contributed by atoms with Crippen LogP contribution in [0.5, 0.6) is 0 Å². The van der Waals surface area contributed by atoms with Crippen molar-refractivity contribution >= 4 is 11.8 Å². The SMILES string of the molecule is C[C@@H](C(=O)N1C[C@@H]2C[C@H](C1)c1cccc(=O)n1C2)N1Cc2ccccc2C1=O. The molecule has 1 saturated heterocycles. The van der Waals surface area contributed by atoms with Crippen LogP contribution in [0, 0.1) is 5.92 Å². The van der Waals surface area contributed by atoms with Crippen LogP contribution in [0.25, 0.3) is 0 Å². The van der Waals surface area contributed by atoms with Crippen molar-refractivity contribution in [1.29, 1.82) is 0 Å². The van der Waals surface area contributed by atoms with E-state index in [1.165, 1.54) is 0 Å². The third-order valence-corrected chi connectivity index (χ3v) is 6.47. The Morgan fingerprint density at radius 1 is 1.04 bits per heavy atom. The summed E-state index contributed by atoms with van der Waals surface area (Å²) in [5.74, 6) is 0.408. The standard InChI is InChI=1S/C22H23N3O3/c1-14(24-13-16-5-2-3-6-18(16)22(24)28)21(27)23-10-15-9-17(12-23)19-7-4-8-20(26)25(19)11-15/h2-8,14-15,17H,9-13H2,1H3/t14-,15-,17+/m0/s1. The molecular weight excluding hydrogens is 354 g/mol. The van der Waals surface area contributed by atoms with Gasteiger partial charge < -0.3 is 14.4 Å². The van der Waals surface area contributed by atoms with Crippen molar-refractivity contribution < 1.29 is 9.59 Å². The monoisotopic (exact) mass is 377 g/mol. The summed E-state index contributed by atoms with van der Waals surface area (Å²) < 4.78 is 1.87. The fraction of sp³-hybridized carbons (Fsp3) is 0.409. The fourth-order valence-electron chi connectivity index (χ4n) is 5.06. The van der Waals surface area contributed by atoms with Crippen LogP contribution >= 0.6 is 0 Å². The first-order valence-electron chi connectivity index (χ1n) is 9.90. The molecule has 1 aromatic heterocycles. The zero-order valence-corrected chi connectivity index (χ0v) is 15.9. The van der Waals surface area contributed by atoms with Gasteiger partial charge in [-0.05, 0) is 37.0 Å². The highest BCUT2D eigenvalue weighted by atomic mass is 16.2. The lowest BCUT2D eigenvalue weighted by molar-refractivity contribution is -0.138. The number of pyridine rings is 1. The number of aromatic nitrogens is 1. The molecule has 0 aliphatic carbocycles. The molecule has 4 heterocycles. The van der Waals surface area contributed by atoms with Gasteiger partial charge in [0.15, 0.2) is 0 Å². The molecule has 0 N–H and O–H groups in total. The maximum Gasteiger partial charge on any atom is 0.255 e. The Morgan fingerprint density at radius 2 is 1.86 bits per heavy atom. The molecule has 3 atom stereocenters. The topological polar surface area (TPSA) is 62.6 Å². The maximum absolute atomic E-state index is 13.3. The number of nitrogens with zero attached hydrogens (tertiary/aromatic N) is 3. The van der Waals surface area contributed by atoms with Crippen LogP contribution in [0.2, 0.25) is 0 Å². The Hall–Kier alpha value is -2.89. The first kappa shape index (κ1) is 17.2. The molecule has 0 spiro atoms. The summed E-state index contributed by atoms with van der Waals surface area (Å²) in [4.78, 5) is 41.7. The van der Waals surface area contributed by atoms with Crippen molar-refractivity contribution in [1.82, 2.24) is 14.4 Å². The lowest BCUT2D eigenvalue weighted by atomic mass is 9.83. The van der Waals surface area contributed by atoms with Crippen molar-refractivity contribution in [3.63, 3.8) is 0 Å². The number of fused-ring (bicyclic) bond motifs is 5. The van der Waals surface area contributed by atoms with Gasteiger partial charge in [0.2, 0.25) is 5.91 Å². The van der Waals surface area contributed by atoms with Crippen molar-refractivity contribution in [2.75, 3.05) is 13.1 Å². The molecule has 2 aromatic rings. The second-order valence-corrected chi connectivity index (χ2v) is 8.21. The number of hydrogen-bond acceptors (Lipinski definition) is 3. The number of hydrogen-bond donors (Lipinski definition) is 0. The lowest BCUT2D eigenvalue weighted by Gasteiger charge is -2.44. The Balaban J connectivity index is 1.36. The summed E-state index contributed by atoms with van der Waals surface area (Å²) >= 11 is 0. The Kier molecular flexibility index (Phi) is 3.89. The summed E-state index contributed by atoms with van der Waals surface area (Å²) in [7, 11) is 0. The second kappa shape index (κ2) is 6.33. The molecule has 0 saturated carbocycles. The zero-order chi connectivity index (χ0) is 19.4. The van der Waals surface area contributed by atoms with E-state index in [0.29, 0.717) is 31.7 Å². The minimum atomic E-state index is -0.489. The number of piperidine rings is 1. The molecule has 3 aliphatic heterocycles. The Labute approximate surface area is 163 Å². The Morgan fingerprint density at radius 3 is 2.68 bits per heavy atom. The zero-order valence-electron chi connectivity index (χ0n) is 15.9. The molecule has 144 valence electrons. The summed E-state index contributed by atoms with van der Waals surface area (Å²) in [6, 6.07) is 12.5. The van der Waals surface area contributed by atoms with Crippen LogP contribution < -0.4 is 5.56 Å². The fourth-order valence-corrected chi connectivity index (χ4v) is 5.06. The van der Waals surface area contributed by atoms with E-state index < -0.39 is 6.04 Å². The predicted octanol–water partition coefficient (Wildman–Crippen LogP) is 1.84. The molecule has 6 nitrogen and oxygen atoms in total. The highest BCUT2D eigenvalue weighted by Crippen LogP contribution is 2.35. The van der Waals surface area contributed by atoms with Gasteiger partial charge in [0.1, 0.15) is 6.04 Å². The number of benzene rings is 1.